The molecule has 1 atom stereocenters. The van der Waals surface area contributed by atoms with E-state index in [0.717, 1.165) is 12.0 Å². The Hall–Kier alpha value is -2.71. The Bertz CT molecular complexity index is 809. The number of amides is 1. The van der Waals surface area contributed by atoms with Gasteiger partial charge in [0.25, 0.3) is 5.91 Å². The molecule has 0 N–H and O–H groups in total. The summed E-state index contributed by atoms with van der Waals surface area (Å²) in [5.41, 5.74) is 2.65. The summed E-state index contributed by atoms with van der Waals surface area (Å²) in [5.74, 6) is 0.542. The highest BCUT2D eigenvalue weighted by atomic mass is 16.5. The van der Waals surface area contributed by atoms with Crippen LogP contribution in [0.5, 0.6) is 0 Å². The molecule has 5 heteroatoms. The third kappa shape index (κ3) is 3.92. The Morgan fingerprint density at radius 1 is 1.35 bits per heavy atom. The molecular formula is C21H23N3O2. The second-order valence-corrected chi connectivity index (χ2v) is 6.95. The maximum Gasteiger partial charge on any atom is 0.254 e. The number of aromatic nitrogens is 1. The van der Waals surface area contributed by atoms with Gasteiger partial charge in [0.2, 0.25) is 0 Å². The number of hydrogen-bond acceptors (Lipinski definition) is 4. The molecule has 0 spiro atoms. The van der Waals surface area contributed by atoms with Crippen LogP contribution in [0.15, 0.2) is 42.6 Å². The van der Waals surface area contributed by atoms with E-state index in [9.17, 15) is 10.1 Å². The first-order chi connectivity index (χ1) is 12.6. The number of nitrogens with zero attached hydrogens (tertiary/aromatic N) is 3. The Morgan fingerprint density at radius 2 is 2.12 bits per heavy atom. The van der Waals surface area contributed by atoms with Crippen molar-refractivity contribution in [2.45, 2.75) is 26.3 Å². The van der Waals surface area contributed by atoms with Crippen molar-refractivity contribution >= 4 is 5.91 Å². The van der Waals surface area contributed by atoms with Crippen molar-refractivity contribution in [2.75, 3.05) is 19.8 Å². The lowest BCUT2D eigenvalue weighted by atomic mass is 10.0. The number of carbonyl (C=O) groups is 1. The first kappa shape index (κ1) is 18.1. The summed E-state index contributed by atoms with van der Waals surface area (Å²) in [6.45, 7) is 6.12. The fourth-order valence-corrected chi connectivity index (χ4v) is 3.32. The quantitative estimate of drug-likeness (QED) is 0.847. The number of morpholine rings is 1. The van der Waals surface area contributed by atoms with E-state index in [1.807, 2.05) is 29.2 Å². The molecule has 1 aromatic heterocycles. The average molecular weight is 349 g/mol. The molecule has 0 radical (unpaired) electrons. The van der Waals surface area contributed by atoms with Gasteiger partial charge in [-0.25, -0.2) is 0 Å². The fraction of sp³-hybridized carbons (Fsp3) is 0.381. The van der Waals surface area contributed by atoms with E-state index in [1.54, 1.807) is 18.3 Å². The summed E-state index contributed by atoms with van der Waals surface area (Å²) < 4.78 is 5.57. The van der Waals surface area contributed by atoms with Gasteiger partial charge >= 0.3 is 0 Å². The number of ether oxygens (including phenoxy) is 1. The molecule has 26 heavy (non-hydrogen) atoms. The van der Waals surface area contributed by atoms with Crippen molar-refractivity contribution in [1.29, 1.82) is 5.26 Å². The molecule has 3 rings (SSSR count). The summed E-state index contributed by atoms with van der Waals surface area (Å²) in [4.78, 5) is 19.2. The van der Waals surface area contributed by atoms with E-state index in [2.05, 4.69) is 24.9 Å². The largest absolute Gasteiger partial charge is 0.377 e. The molecule has 0 saturated carbocycles. The van der Waals surface area contributed by atoms with E-state index in [-0.39, 0.29) is 11.9 Å². The van der Waals surface area contributed by atoms with Crippen LogP contribution >= 0.6 is 0 Å². The zero-order valence-electron chi connectivity index (χ0n) is 15.2. The smallest absolute Gasteiger partial charge is 0.254 e. The Labute approximate surface area is 154 Å². The highest BCUT2D eigenvalue weighted by molar-refractivity contribution is 5.95. The number of carbonyl (C=O) groups excluding carboxylic acids is 1. The number of benzene rings is 1. The van der Waals surface area contributed by atoms with Crippen molar-refractivity contribution in [3.8, 4) is 17.3 Å². The SMILES string of the molecule is CC(C)C[C@H]1COCCN1C(=O)c1ccc(-c2ncccc2C#N)cc1. The van der Waals surface area contributed by atoms with Gasteiger partial charge in [0, 0.05) is 23.9 Å². The van der Waals surface area contributed by atoms with Crippen molar-refractivity contribution in [3.05, 3.63) is 53.7 Å². The third-order valence-corrected chi connectivity index (χ3v) is 4.57. The molecule has 1 aromatic carbocycles. The molecule has 0 aliphatic carbocycles. The van der Waals surface area contributed by atoms with Crippen molar-refractivity contribution in [1.82, 2.24) is 9.88 Å². The van der Waals surface area contributed by atoms with Crippen LogP contribution in [-0.4, -0.2) is 41.6 Å². The van der Waals surface area contributed by atoms with Crippen molar-refractivity contribution in [3.63, 3.8) is 0 Å². The van der Waals surface area contributed by atoms with Crippen LogP contribution < -0.4 is 0 Å². The molecule has 5 nitrogen and oxygen atoms in total. The summed E-state index contributed by atoms with van der Waals surface area (Å²) in [6, 6.07) is 13.1. The van der Waals surface area contributed by atoms with Crippen LogP contribution in [0, 0.1) is 17.2 Å². The molecule has 1 aliphatic rings. The molecule has 1 amide bonds. The number of rotatable bonds is 4. The van der Waals surface area contributed by atoms with Crippen molar-refractivity contribution < 1.29 is 9.53 Å². The minimum absolute atomic E-state index is 0.0343. The van der Waals surface area contributed by atoms with Crippen LogP contribution in [-0.2, 0) is 4.74 Å². The van der Waals surface area contributed by atoms with E-state index < -0.39 is 0 Å². The zero-order chi connectivity index (χ0) is 18.5. The second kappa shape index (κ2) is 8.11. The molecule has 1 saturated heterocycles. The first-order valence-corrected chi connectivity index (χ1v) is 8.94. The topological polar surface area (TPSA) is 66.2 Å². The first-order valence-electron chi connectivity index (χ1n) is 8.94. The third-order valence-electron chi connectivity index (χ3n) is 4.57. The van der Waals surface area contributed by atoms with Gasteiger partial charge in [0.1, 0.15) is 6.07 Å². The molecule has 2 aromatic rings. The van der Waals surface area contributed by atoms with Crippen LogP contribution in [0.4, 0.5) is 0 Å². The average Bonchev–Trinajstić information content (AvgIpc) is 2.67. The molecular weight excluding hydrogens is 326 g/mol. The van der Waals surface area contributed by atoms with Gasteiger partial charge in [0.05, 0.1) is 30.5 Å². The molecule has 1 fully saturated rings. The molecule has 2 heterocycles. The van der Waals surface area contributed by atoms with E-state index in [4.69, 9.17) is 4.74 Å². The predicted molar refractivity (Wildman–Crippen MR) is 99.5 cm³/mol. The summed E-state index contributed by atoms with van der Waals surface area (Å²) >= 11 is 0. The van der Waals surface area contributed by atoms with Gasteiger partial charge in [-0.2, -0.15) is 5.26 Å². The number of nitriles is 1. The monoisotopic (exact) mass is 349 g/mol. The normalized spacial score (nSPS) is 17.2. The highest BCUT2D eigenvalue weighted by Crippen LogP contribution is 2.23. The van der Waals surface area contributed by atoms with Gasteiger partial charge in [-0.05, 0) is 36.6 Å². The van der Waals surface area contributed by atoms with E-state index in [1.165, 1.54) is 0 Å². The number of pyridine rings is 1. The van der Waals surface area contributed by atoms with Gasteiger partial charge in [-0.15, -0.1) is 0 Å². The van der Waals surface area contributed by atoms with Crippen LogP contribution in [0.2, 0.25) is 0 Å². The second-order valence-electron chi connectivity index (χ2n) is 6.95. The van der Waals surface area contributed by atoms with Crippen LogP contribution in [0.25, 0.3) is 11.3 Å². The fourth-order valence-electron chi connectivity index (χ4n) is 3.32. The molecule has 134 valence electrons. The lowest BCUT2D eigenvalue weighted by Crippen LogP contribution is -2.49. The van der Waals surface area contributed by atoms with Crippen LogP contribution in [0.3, 0.4) is 0 Å². The molecule has 1 aliphatic heterocycles. The Morgan fingerprint density at radius 3 is 2.81 bits per heavy atom. The van der Waals surface area contributed by atoms with Gasteiger partial charge in [0.15, 0.2) is 0 Å². The van der Waals surface area contributed by atoms with Crippen molar-refractivity contribution in [2.24, 2.45) is 5.92 Å². The van der Waals surface area contributed by atoms with Gasteiger partial charge in [-0.1, -0.05) is 26.0 Å². The standard InChI is InChI=1S/C21H23N3O2/c1-15(2)12-19-14-26-11-10-24(19)21(25)17-7-5-16(6-8-17)20-18(13-22)4-3-9-23-20/h3-9,15,19H,10-12,14H2,1-2H3/t19-/m0/s1. The minimum atomic E-state index is 0.0343. The van der Waals surface area contributed by atoms with Gasteiger partial charge < -0.3 is 9.64 Å². The lowest BCUT2D eigenvalue weighted by Gasteiger charge is -2.36. The number of hydrogen-bond donors (Lipinski definition) is 0. The highest BCUT2D eigenvalue weighted by Gasteiger charge is 2.28. The molecule has 0 bridgehead atoms. The van der Waals surface area contributed by atoms with Crippen LogP contribution in [0.1, 0.15) is 36.2 Å². The van der Waals surface area contributed by atoms with Gasteiger partial charge in [-0.3, -0.25) is 9.78 Å². The Balaban J connectivity index is 1.81. The predicted octanol–water partition coefficient (Wildman–Crippen LogP) is 3.51. The summed E-state index contributed by atoms with van der Waals surface area (Å²) in [6.07, 6.45) is 2.60. The maximum atomic E-state index is 13.0. The zero-order valence-corrected chi connectivity index (χ0v) is 15.2. The summed E-state index contributed by atoms with van der Waals surface area (Å²) in [5, 5.41) is 9.23. The summed E-state index contributed by atoms with van der Waals surface area (Å²) in [7, 11) is 0. The van der Waals surface area contributed by atoms with E-state index in [0.29, 0.717) is 42.5 Å². The lowest BCUT2D eigenvalue weighted by molar-refractivity contribution is -0.00746. The minimum Gasteiger partial charge on any atom is -0.377 e. The molecule has 0 unspecified atom stereocenters. The van der Waals surface area contributed by atoms with E-state index >= 15 is 0 Å². The Kier molecular flexibility index (Phi) is 5.65. The maximum absolute atomic E-state index is 13.0.